The summed E-state index contributed by atoms with van der Waals surface area (Å²) in [7, 11) is 0. The van der Waals surface area contributed by atoms with Gasteiger partial charge in [0, 0.05) is 18.1 Å². The number of carbonyl (C=O) groups is 1. The van der Waals surface area contributed by atoms with Crippen molar-refractivity contribution in [3.8, 4) is 0 Å². The van der Waals surface area contributed by atoms with Crippen molar-refractivity contribution in [2.45, 2.75) is 18.6 Å². The van der Waals surface area contributed by atoms with E-state index in [9.17, 15) is 14.3 Å². The van der Waals surface area contributed by atoms with Crippen molar-refractivity contribution in [2.75, 3.05) is 18.1 Å². The third-order valence-electron chi connectivity index (χ3n) is 4.23. The van der Waals surface area contributed by atoms with Crippen molar-refractivity contribution in [3.63, 3.8) is 0 Å². The van der Waals surface area contributed by atoms with E-state index in [4.69, 9.17) is 0 Å². The second-order valence-corrected chi connectivity index (χ2v) is 7.01. The molecule has 1 aliphatic heterocycles. The maximum absolute atomic E-state index is 13.3. The number of halogens is 1. The van der Waals surface area contributed by atoms with Gasteiger partial charge in [-0.1, -0.05) is 42.5 Å². The predicted molar refractivity (Wildman–Crippen MR) is 94.2 cm³/mol. The van der Waals surface area contributed by atoms with E-state index < -0.39 is 11.9 Å². The number of benzene rings is 2. The molecule has 2 atom stereocenters. The molecule has 24 heavy (non-hydrogen) atoms. The molecule has 0 aromatic heterocycles. The van der Waals surface area contributed by atoms with Crippen LogP contribution >= 0.6 is 11.8 Å². The van der Waals surface area contributed by atoms with Gasteiger partial charge in [-0.15, -0.1) is 0 Å². The van der Waals surface area contributed by atoms with Crippen molar-refractivity contribution >= 4 is 17.7 Å². The van der Waals surface area contributed by atoms with Crippen molar-refractivity contribution in [2.24, 2.45) is 0 Å². The average Bonchev–Trinajstić information content (AvgIpc) is 2.62. The van der Waals surface area contributed by atoms with E-state index in [0.29, 0.717) is 12.1 Å². The third kappa shape index (κ3) is 3.97. The fourth-order valence-corrected chi connectivity index (χ4v) is 4.06. The van der Waals surface area contributed by atoms with Crippen LogP contribution in [0.25, 0.3) is 0 Å². The van der Waals surface area contributed by atoms with Gasteiger partial charge in [0.05, 0.1) is 18.6 Å². The molecule has 0 aliphatic carbocycles. The number of rotatable bonds is 4. The minimum atomic E-state index is -0.987. The van der Waals surface area contributed by atoms with E-state index in [2.05, 4.69) is 0 Å². The number of amides is 1. The Morgan fingerprint density at radius 2 is 2.04 bits per heavy atom. The molecule has 3 rings (SSSR count). The number of aliphatic hydroxyl groups excluding tert-OH is 1. The van der Waals surface area contributed by atoms with E-state index in [0.717, 1.165) is 17.1 Å². The molecule has 0 saturated carbocycles. The quantitative estimate of drug-likeness (QED) is 0.921. The summed E-state index contributed by atoms with van der Waals surface area (Å²) in [6, 6.07) is 15.8. The van der Waals surface area contributed by atoms with Crippen LogP contribution < -0.4 is 0 Å². The van der Waals surface area contributed by atoms with Crippen LogP contribution in [0.5, 0.6) is 0 Å². The lowest BCUT2D eigenvalue weighted by Gasteiger charge is -2.36. The van der Waals surface area contributed by atoms with Crippen molar-refractivity contribution in [1.29, 1.82) is 0 Å². The van der Waals surface area contributed by atoms with Gasteiger partial charge in [0.1, 0.15) is 5.82 Å². The molecule has 2 unspecified atom stereocenters. The van der Waals surface area contributed by atoms with Crippen LogP contribution in [-0.2, 0) is 4.79 Å². The second kappa shape index (κ2) is 7.81. The summed E-state index contributed by atoms with van der Waals surface area (Å²) in [6.07, 6.45) is -1.02. The number of carbonyl (C=O) groups excluding carboxylic acids is 1. The van der Waals surface area contributed by atoms with E-state index >= 15 is 0 Å². The summed E-state index contributed by atoms with van der Waals surface area (Å²) in [5.41, 5.74) is 1.55. The summed E-state index contributed by atoms with van der Waals surface area (Å²) in [4.78, 5) is 14.6. The first-order chi connectivity index (χ1) is 11.6. The van der Waals surface area contributed by atoms with Crippen molar-refractivity contribution < 1.29 is 14.3 Å². The summed E-state index contributed by atoms with van der Waals surface area (Å²) in [5.74, 6) is 1.24. The lowest BCUT2D eigenvalue weighted by atomic mass is 10.0. The maximum atomic E-state index is 13.3. The molecule has 1 saturated heterocycles. The highest BCUT2D eigenvalue weighted by Crippen LogP contribution is 2.31. The topological polar surface area (TPSA) is 40.5 Å². The molecule has 3 nitrogen and oxygen atoms in total. The van der Waals surface area contributed by atoms with E-state index in [1.54, 1.807) is 12.1 Å². The zero-order valence-electron chi connectivity index (χ0n) is 13.3. The average molecular weight is 345 g/mol. The largest absolute Gasteiger partial charge is 0.388 e. The zero-order chi connectivity index (χ0) is 16.9. The van der Waals surface area contributed by atoms with Crippen LogP contribution in [0, 0.1) is 5.82 Å². The Kier molecular flexibility index (Phi) is 5.53. The zero-order valence-corrected chi connectivity index (χ0v) is 14.1. The van der Waals surface area contributed by atoms with Crippen molar-refractivity contribution in [1.82, 2.24) is 4.90 Å². The number of nitrogens with zero attached hydrogens (tertiary/aromatic N) is 1. The highest BCUT2D eigenvalue weighted by Gasteiger charge is 2.29. The van der Waals surface area contributed by atoms with Gasteiger partial charge >= 0.3 is 0 Å². The Bertz CT molecular complexity index is 695. The molecule has 5 heteroatoms. The molecule has 1 heterocycles. The molecule has 1 fully saturated rings. The van der Waals surface area contributed by atoms with E-state index in [-0.39, 0.29) is 18.4 Å². The molecule has 0 spiro atoms. The Labute approximate surface area is 145 Å². The lowest BCUT2D eigenvalue weighted by molar-refractivity contribution is -0.135. The monoisotopic (exact) mass is 345 g/mol. The summed E-state index contributed by atoms with van der Waals surface area (Å²) >= 11 is 1.83. The minimum Gasteiger partial charge on any atom is -0.388 e. The van der Waals surface area contributed by atoms with Gasteiger partial charge in [-0.25, -0.2) is 4.39 Å². The third-order valence-corrected chi connectivity index (χ3v) is 5.26. The molecule has 1 amide bonds. The molecule has 126 valence electrons. The molecule has 1 N–H and O–H groups in total. The predicted octanol–water partition coefficient (Wildman–Crippen LogP) is 3.57. The van der Waals surface area contributed by atoms with Crippen LogP contribution in [0.4, 0.5) is 4.39 Å². The van der Waals surface area contributed by atoms with Crippen LogP contribution in [0.15, 0.2) is 54.6 Å². The first-order valence-corrected chi connectivity index (χ1v) is 9.16. The van der Waals surface area contributed by atoms with Gasteiger partial charge in [0.15, 0.2) is 0 Å². The molecule has 0 bridgehead atoms. The first kappa shape index (κ1) is 17.0. The maximum Gasteiger partial charge on any atom is 0.226 e. The molecule has 0 radical (unpaired) electrons. The van der Waals surface area contributed by atoms with Crippen LogP contribution in [-0.4, -0.2) is 34.0 Å². The Hall–Kier alpha value is -1.85. The first-order valence-electron chi connectivity index (χ1n) is 8.01. The van der Waals surface area contributed by atoms with Gasteiger partial charge in [-0.2, -0.15) is 11.8 Å². The number of thioether (sulfide) groups is 1. The molecular formula is C19H20FNO2S. The number of hydrogen-bond acceptors (Lipinski definition) is 3. The van der Waals surface area contributed by atoms with Crippen LogP contribution in [0.1, 0.15) is 29.7 Å². The summed E-state index contributed by atoms with van der Waals surface area (Å²) in [5, 5.41) is 10.3. The molecule has 1 aliphatic rings. The summed E-state index contributed by atoms with van der Waals surface area (Å²) in [6.45, 7) is 0.666. The summed E-state index contributed by atoms with van der Waals surface area (Å²) < 4.78 is 13.3. The van der Waals surface area contributed by atoms with Gasteiger partial charge in [0.25, 0.3) is 0 Å². The van der Waals surface area contributed by atoms with Crippen LogP contribution in [0.2, 0.25) is 0 Å². The van der Waals surface area contributed by atoms with Crippen molar-refractivity contribution in [3.05, 3.63) is 71.5 Å². The van der Waals surface area contributed by atoms with Gasteiger partial charge in [0.2, 0.25) is 5.91 Å². The molecular weight excluding hydrogens is 325 g/mol. The molecule has 2 aromatic rings. The Morgan fingerprint density at radius 3 is 2.79 bits per heavy atom. The highest BCUT2D eigenvalue weighted by molar-refractivity contribution is 7.99. The fraction of sp³-hybridized carbons (Fsp3) is 0.316. The molecule has 2 aromatic carbocycles. The number of aliphatic hydroxyl groups is 1. The van der Waals surface area contributed by atoms with Crippen LogP contribution in [0.3, 0.4) is 0 Å². The lowest BCUT2D eigenvalue weighted by Crippen LogP contribution is -2.41. The number of hydrogen-bond donors (Lipinski definition) is 1. The van der Waals surface area contributed by atoms with E-state index in [1.165, 1.54) is 12.1 Å². The standard InChI is InChI=1S/C19H20FNO2S/c20-16-8-4-7-15(11-16)18(22)12-19(23)21-9-10-24-13-17(21)14-5-2-1-3-6-14/h1-8,11,17-18,22H,9-10,12-13H2. The highest BCUT2D eigenvalue weighted by atomic mass is 32.2. The SMILES string of the molecule is O=C(CC(O)c1cccc(F)c1)N1CCSCC1c1ccccc1. The van der Waals surface area contributed by atoms with Gasteiger partial charge in [-0.05, 0) is 23.3 Å². The Morgan fingerprint density at radius 1 is 1.25 bits per heavy atom. The van der Waals surface area contributed by atoms with E-state index in [1.807, 2.05) is 47.0 Å². The smallest absolute Gasteiger partial charge is 0.226 e. The van der Waals surface area contributed by atoms with Gasteiger partial charge in [-0.3, -0.25) is 4.79 Å². The minimum absolute atomic E-state index is 0.0251. The van der Waals surface area contributed by atoms with Gasteiger partial charge < -0.3 is 10.0 Å². The second-order valence-electron chi connectivity index (χ2n) is 5.86. The Balaban J connectivity index is 1.72. The fourth-order valence-electron chi connectivity index (χ4n) is 2.97. The normalized spacial score (nSPS) is 19.1.